The molecule has 0 spiro atoms. The van der Waals surface area contributed by atoms with Gasteiger partial charge in [-0.05, 0) is 6.07 Å². The Morgan fingerprint density at radius 3 is 3.17 bits per heavy atom. The van der Waals surface area contributed by atoms with Gasteiger partial charge in [-0.25, -0.2) is 9.67 Å². The van der Waals surface area contributed by atoms with E-state index in [2.05, 4.69) is 15.4 Å². The van der Waals surface area contributed by atoms with Crippen molar-refractivity contribution in [2.75, 3.05) is 11.9 Å². The van der Waals surface area contributed by atoms with Crippen LogP contribution < -0.4 is 10.1 Å². The molecule has 2 aromatic heterocycles. The van der Waals surface area contributed by atoms with Gasteiger partial charge in [-0.15, -0.1) is 0 Å². The highest BCUT2D eigenvalue weighted by Gasteiger charge is 2.22. The highest BCUT2D eigenvalue weighted by atomic mass is 32.1. The number of thiazole rings is 1. The quantitative estimate of drug-likeness (QED) is 0.576. The molecule has 0 atom stereocenters. The van der Waals surface area contributed by atoms with Crippen LogP contribution >= 0.6 is 11.3 Å². The third-order valence-corrected chi connectivity index (χ3v) is 4.53. The Bertz CT molecular complexity index is 963. The summed E-state index contributed by atoms with van der Waals surface area (Å²) < 4.78 is 7.79. The predicted octanol–water partition coefficient (Wildman–Crippen LogP) is 2.44. The number of nitrogens with one attached hydrogen (secondary N) is 1. The molecule has 122 valence electrons. The molecule has 3 heterocycles. The van der Waals surface area contributed by atoms with E-state index in [1.165, 1.54) is 29.7 Å². The summed E-state index contributed by atoms with van der Waals surface area (Å²) >= 11 is 1.18. The first-order valence-electron chi connectivity index (χ1n) is 7.17. The van der Waals surface area contributed by atoms with Gasteiger partial charge in [0.15, 0.2) is 5.13 Å². The van der Waals surface area contributed by atoms with Crippen molar-refractivity contribution < 1.29 is 14.5 Å². The van der Waals surface area contributed by atoms with Gasteiger partial charge in [-0.1, -0.05) is 11.3 Å². The first kappa shape index (κ1) is 14.6. The van der Waals surface area contributed by atoms with Crippen LogP contribution in [0.2, 0.25) is 0 Å². The normalized spacial score (nSPS) is 13.3. The summed E-state index contributed by atoms with van der Waals surface area (Å²) in [4.78, 5) is 27.0. The van der Waals surface area contributed by atoms with Gasteiger partial charge in [0, 0.05) is 25.1 Å². The summed E-state index contributed by atoms with van der Waals surface area (Å²) in [5, 5.41) is 18.0. The van der Waals surface area contributed by atoms with E-state index in [4.69, 9.17) is 4.74 Å². The zero-order valence-corrected chi connectivity index (χ0v) is 13.1. The standard InChI is InChI=1S/C14H11N5O4S/c20-12(9-7-15-18-4-1-5-23-13(9)18)17-14-16-10-3-2-8(19(21)22)6-11(10)24-14/h2-3,6-7H,1,4-5H2,(H,16,17,20). The summed E-state index contributed by atoms with van der Waals surface area (Å²) in [6.07, 6.45) is 2.32. The number of amides is 1. The van der Waals surface area contributed by atoms with Crippen molar-refractivity contribution in [2.24, 2.45) is 0 Å². The first-order chi connectivity index (χ1) is 11.6. The van der Waals surface area contributed by atoms with E-state index >= 15 is 0 Å². The third kappa shape index (κ3) is 2.46. The van der Waals surface area contributed by atoms with Crippen LogP contribution in [0, 0.1) is 10.1 Å². The van der Waals surface area contributed by atoms with Crippen molar-refractivity contribution in [1.82, 2.24) is 14.8 Å². The number of carbonyl (C=O) groups is 1. The monoisotopic (exact) mass is 345 g/mol. The average molecular weight is 345 g/mol. The minimum Gasteiger partial charge on any atom is -0.477 e. The summed E-state index contributed by atoms with van der Waals surface area (Å²) in [5.41, 5.74) is 0.928. The molecule has 0 saturated heterocycles. The Kier molecular flexibility index (Phi) is 3.38. The van der Waals surface area contributed by atoms with Gasteiger partial charge in [0.1, 0.15) is 5.56 Å². The van der Waals surface area contributed by atoms with Crippen molar-refractivity contribution in [3.05, 3.63) is 40.1 Å². The number of nitrogens with zero attached hydrogens (tertiary/aromatic N) is 4. The minimum absolute atomic E-state index is 0.0110. The fraction of sp³-hybridized carbons (Fsp3) is 0.214. The molecule has 4 rings (SSSR count). The van der Waals surface area contributed by atoms with E-state index in [1.54, 1.807) is 10.7 Å². The highest BCUT2D eigenvalue weighted by Crippen LogP contribution is 2.30. The minimum atomic E-state index is -0.464. The van der Waals surface area contributed by atoms with E-state index < -0.39 is 4.92 Å². The number of rotatable bonds is 3. The van der Waals surface area contributed by atoms with E-state index in [-0.39, 0.29) is 11.6 Å². The maximum Gasteiger partial charge on any atom is 0.270 e. The Morgan fingerprint density at radius 2 is 2.33 bits per heavy atom. The third-order valence-electron chi connectivity index (χ3n) is 3.59. The van der Waals surface area contributed by atoms with Crippen molar-refractivity contribution >= 4 is 38.3 Å². The molecule has 9 nitrogen and oxygen atoms in total. The molecular formula is C14H11N5O4S. The Morgan fingerprint density at radius 1 is 1.46 bits per heavy atom. The van der Waals surface area contributed by atoms with Crippen LogP contribution in [-0.4, -0.2) is 32.2 Å². The number of carbonyl (C=O) groups excluding carboxylic acids is 1. The Labute approximate surface area is 139 Å². The largest absolute Gasteiger partial charge is 0.477 e. The van der Waals surface area contributed by atoms with Gasteiger partial charge >= 0.3 is 0 Å². The number of nitro benzene ring substituents is 1. The van der Waals surface area contributed by atoms with Gasteiger partial charge in [-0.2, -0.15) is 5.10 Å². The number of non-ortho nitro benzene ring substituents is 1. The van der Waals surface area contributed by atoms with Crippen LogP contribution in [0.4, 0.5) is 10.8 Å². The molecule has 10 heteroatoms. The van der Waals surface area contributed by atoms with E-state index in [9.17, 15) is 14.9 Å². The fourth-order valence-electron chi connectivity index (χ4n) is 2.47. The second-order valence-corrected chi connectivity index (χ2v) is 6.20. The van der Waals surface area contributed by atoms with Crippen LogP contribution in [-0.2, 0) is 6.54 Å². The van der Waals surface area contributed by atoms with Crippen LogP contribution in [0.25, 0.3) is 10.2 Å². The molecule has 24 heavy (non-hydrogen) atoms. The Balaban J connectivity index is 1.60. The van der Waals surface area contributed by atoms with E-state index in [0.29, 0.717) is 39.9 Å². The van der Waals surface area contributed by atoms with Gasteiger partial charge in [0.25, 0.3) is 11.6 Å². The summed E-state index contributed by atoms with van der Waals surface area (Å²) in [6, 6.07) is 4.38. The van der Waals surface area contributed by atoms with Gasteiger partial charge in [0.2, 0.25) is 5.88 Å². The van der Waals surface area contributed by atoms with Gasteiger partial charge in [-0.3, -0.25) is 20.2 Å². The predicted molar refractivity (Wildman–Crippen MR) is 86.6 cm³/mol. The van der Waals surface area contributed by atoms with Crippen LogP contribution in [0.1, 0.15) is 16.8 Å². The molecule has 0 bridgehead atoms. The van der Waals surface area contributed by atoms with E-state index in [0.717, 1.165) is 6.42 Å². The number of hydrogen-bond donors (Lipinski definition) is 1. The summed E-state index contributed by atoms with van der Waals surface area (Å²) in [6.45, 7) is 1.27. The molecule has 0 unspecified atom stereocenters. The lowest BCUT2D eigenvalue weighted by Gasteiger charge is -2.15. The lowest BCUT2D eigenvalue weighted by Crippen LogP contribution is -2.18. The number of fused-ring (bicyclic) bond motifs is 2. The average Bonchev–Trinajstić information content (AvgIpc) is 3.17. The lowest BCUT2D eigenvalue weighted by molar-refractivity contribution is -0.384. The number of nitro groups is 1. The van der Waals surface area contributed by atoms with Crippen LogP contribution in [0.3, 0.4) is 0 Å². The SMILES string of the molecule is O=C(Nc1nc2ccc([N+](=O)[O-])cc2s1)c1cnn2c1OCCC2. The summed E-state index contributed by atoms with van der Waals surface area (Å²) in [5.74, 6) is 0.0854. The number of aromatic nitrogens is 3. The zero-order valence-electron chi connectivity index (χ0n) is 12.3. The molecule has 1 N–H and O–H groups in total. The van der Waals surface area contributed by atoms with Crippen LogP contribution in [0.5, 0.6) is 5.88 Å². The number of anilines is 1. The zero-order chi connectivity index (χ0) is 16.7. The molecule has 0 saturated carbocycles. The maximum atomic E-state index is 12.4. The molecule has 0 fully saturated rings. The number of benzene rings is 1. The summed E-state index contributed by atoms with van der Waals surface area (Å²) in [7, 11) is 0. The fourth-order valence-corrected chi connectivity index (χ4v) is 3.36. The number of aryl methyl sites for hydroxylation is 1. The second-order valence-electron chi connectivity index (χ2n) is 5.17. The lowest BCUT2D eigenvalue weighted by atomic mass is 10.3. The molecule has 1 aliphatic heterocycles. The van der Waals surface area contributed by atoms with Crippen molar-refractivity contribution in [1.29, 1.82) is 0 Å². The molecule has 0 aliphatic carbocycles. The highest BCUT2D eigenvalue weighted by molar-refractivity contribution is 7.22. The molecule has 1 aromatic carbocycles. The van der Waals surface area contributed by atoms with Crippen molar-refractivity contribution in [2.45, 2.75) is 13.0 Å². The number of hydrogen-bond acceptors (Lipinski definition) is 7. The smallest absolute Gasteiger partial charge is 0.270 e. The molecule has 1 amide bonds. The van der Waals surface area contributed by atoms with Gasteiger partial charge < -0.3 is 4.74 Å². The molecule has 0 radical (unpaired) electrons. The van der Waals surface area contributed by atoms with Crippen molar-refractivity contribution in [3.63, 3.8) is 0 Å². The van der Waals surface area contributed by atoms with E-state index in [1.807, 2.05) is 0 Å². The van der Waals surface area contributed by atoms with Crippen LogP contribution in [0.15, 0.2) is 24.4 Å². The second kappa shape index (κ2) is 5.57. The topological polar surface area (TPSA) is 112 Å². The number of ether oxygens (including phenoxy) is 1. The first-order valence-corrected chi connectivity index (χ1v) is 7.98. The Hall–Kier alpha value is -3.01. The molecule has 1 aliphatic rings. The molecular weight excluding hydrogens is 334 g/mol. The molecule has 3 aromatic rings. The maximum absolute atomic E-state index is 12.4. The van der Waals surface area contributed by atoms with Crippen molar-refractivity contribution in [3.8, 4) is 5.88 Å². The van der Waals surface area contributed by atoms with Gasteiger partial charge in [0.05, 0.1) is 27.9 Å².